The number of nitrogens with one attached hydrogen (secondary N) is 3. The van der Waals surface area contributed by atoms with Gasteiger partial charge in [0.1, 0.15) is 0 Å². The Morgan fingerprint density at radius 2 is 2.00 bits per heavy atom. The van der Waals surface area contributed by atoms with Gasteiger partial charge >= 0.3 is 6.03 Å². The summed E-state index contributed by atoms with van der Waals surface area (Å²) >= 11 is 0. The van der Waals surface area contributed by atoms with Crippen molar-refractivity contribution in [3.8, 4) is 0 Å². The molecule has 0 saturated heterocycles. The van der Waals surface area contributed by atoms with Gasteiger partial charge in [-0.3, -0.25) is 4.79 Å². The van der Waals surface area contributed by atoms with Gasteiger partial charge in [0.2, 0.25) is 0 Å². The number of H-pyrrole nitrogens is 1. The van der Waals surface area contributed by atoms with E-state index in [0.717, 1.165) is 17.7 Å². The molecule has 2 aromatic rings. The Balaban J connectivity index is 1.51. The van der Waals surface area contributed by atoms with Gasteiger partial charge in [-0.25, -0.2) is 4.79 Å². The number of aromatic amines is 1. The molecule has 2 amide bonds. The van der Waals surface area contributed by atoms with E-state index in [1.807, 2.05) is 32.9 Å². The molecule has 1 saturated carbocycles. The molecule has 1 aromatic carbocycles. The highest BCUT2D eigenvalue weighted by atomic mass is 16.2. The van der Waals surface area contributed by atoms with Crippen LogP contribution in [-0.4, -0.2) is 17.1 Å². The Hall–Kier alpha value is -2.56. The monoisotopic (exact) mass is 339 g/mol. The third kappa shape index (κ3) is 4.10. The molecule has 0 radical (unpaired) electrons. The Morgan fingerprint density at radius 1 is 1.28 bits per heavy atom. The van der Waals surface area contributed by atoms with E-state index < -0.39 is 0 Å². The van der Waals surface area contributed by atoms with Gasteiger partial charge in [-0.2, -0.15) is 0 Å². The molecular weight excluding hydrogens is 314 g/mol. The quantitative estimate of drug-likeness (QED) is 0.783. The first kappa shape index (κ1) is 17.3. The molecule has 25 heavy (non-hydrogen) atoms. The standard InChI is InChI=1S/C20H25N3O2/c1-12-9-13(2)22-19(24)18(12)11-21-20(25)23-14(3)16-10-17(16)15-7-5-4-6-8-15/h4-9,14,16-17H,10-11H2,1-3H3,(H,22,24)(H2,21,23,25)/t14-,16+,17+/m1/s1. The van der Waals surface area contributed by atoms with Crippen LogP contribution in [0.4, 0.5) is 4.79 Å². The van der Waals surface area contributed by atoms with E-state index in [-0.39, 0.29) is 24.2 Å². The summed E-state index contributed by atoms with van der Waals surface area (Å²) in [5.41, 5.74) is 3.51. The average Bonchev–Trinajstić information content (AvgIpc) is 3.35. The molecule has 1 heterocycles. The zero-order valence-electron chi connectivity index (χ0n) is 14.9. The number of aryl methyl sites for hydroxylation is 2. The summed E-state index contributed by atoms with van der Waals surface area (Å²) in [7, 11) is 0. The van der Waals surface area contributed by atoms with Crippen LogP contribution in [0, 0.1) is 19.8 Å². The number of carbonyl (C=O) groups excluding carboxylic acids is 1. The van der Waals surface area contributed by atoms with Crippen LogP contribution >= 0.6 is 0 Å². The number of carbonyl (C=O) groups is 1. The second-order valence-corrected chi connectivity index (χ2v) is 6.98. The Morgan fingerprint density at radius 3 is 2.68 bits per heavy atom. The topological polar surface area (TPSA) is 74.0 Å². The van der Waals surface area contributed by atoms with Gasteiger partial charge < -0.3 is 15.6 Å². The summed E-state index contributed by atoms with van der Waals surface area (Å²) in [6.45, 7) is 6.00. The van der Waals surface area contributed by atoms with E-state index >= 15 is 0 Å². The van der Waals surface area contributed by atoms with Crippen LogP contribution < -0.4 is 16.2 Å². The van der Waals surface area contributed by atoms with Crippen LogP contribution in [-0.2, 0) is 6.54 Å². The van der Waals surface area contributed by atoms with E-state index in [1.54, 1.807) is 0 Å². The summed E-state index contributed by atoms with van der Waals surface area (Å²) in [6.07, 6.45) is 1.10. The lowest BCUT2D eigenvalue weighted by molar-refractivity contribution is 0.236. The van der Waals surface area contributed by atoms with Gasteiger partial charge in [0.15, 0.2) is 0 Å². The maximum atomic E-state index is 12.2. The Labute approximate surface area is 147 Å². The largest absolute Gasteiger partial charge is 0.335 e. The number of aromatic nitrogens is 1. The van der Waals surface area contributed by atoms with Gasteiger partial charge in [0, 0.05) is 17.3 Å². The molecule has 0 spiro atoms. The summed E-state index contributed by atoms with van der Waals surface area (Å²) < 4.78 is 0. The molecule has 0 aliphatic heterocycles. The number of hydrogen-bond donors (Lipinski definition) is 3. The molecule has 3 atom stereocenters. The zero-order chi connectivity index (χ0) is 18.0. The molecule has 5 nitrogen and oxygen atoms in total. The summed E-state index contributed by atoms with van der Waals surface area (Å²) in [5, 5.41) is 5.80. The van der Waals surface area contributed by atoms with Crippen LogP contribution in [0.25, 0.3) is 0 Å². The molecule has 1 aliphatic carbocycles. The summed E-state index contributed by atoms with van der Waals surface area (Å²) in [5.74, 6) is 0.997. The van der Waals surface area contributed by atoms with Gasteiger partial charge in [-0.15, -0.1) is 0 Å². The molecule has 1 aliphatic rings. The molecule has 3 rings (SSSR count). The first-order chi connectivity index (χ1) is 12.0. The van der Waals surface area contributed by atoms with Crippen LogP contribution in [0.2, 0.25) is 0 Å². The minimum Gasteiger partial charge on any atom is -0.335 e. The molecule has 0 unspecified atom stereocenters. The maximum absolute atomic E-state index is 12.2. The lowest BCUT2D eigenvalue weighted by Gasteiger charge is -2.15. The predicted octanol–water partition coefficient (Wildman–Crippen LogP) is 2.98. The number of urea groups is 1. The van der Waals surface area contributed by atoms with E-state index in [4.69, 9.17) is 0 Å². The fourth-order valence-electron chi connectivity index (χ4n) is 3.49. The van der Waals surface area contributed by atoms with Gasteiger partial charge in [-0.05, 0) is 56.2 Å². The first-order valence-electron chi connectivity index (χ1n) is 8.74. The second kappa shape index (κ2) is 7.13. The highest BCUT2D eigenvalue weighted by Crippen LogP contribution is 2.49. The minimum absolute atomic E-state index is 0.0996. The van der Waals surface area contributed by atoms with Gasteiger partial charge in [0.25, 0.3) is 5.56 Å². The summed E-state index contributed by atoms with van der Waals surface area (Å²) in [6, 6.07) is 12.2. The normalized spacial score (nSPS) is 20.0. The van der Waals surface area contributed by atoms with Crippen LogP contribution in [0.15, 0.2) is 41.2 Å². The molecule has 0 bridgehead atoms. The molecule has 1 aromatic heterocycles. The smallest absolute Gasteiger partial charge is 0.315 e. The van der Waals surface area contributed by atoms with Crippen LogP contribution in [0.3, 0.4) is 0 Å². The highest BCUT2D eigenvalue weighted by Gasteiger charge is 2.42. The SMILES string of the molecule is Cc1cc(C)c(CNC(=O)N[C@H](C)[C@@H]2C[C@H]2c2ccccc2)c(=O)[nH]1. The molecule has 132 valence electrons. The third-order valence-electron chi connectivity index (χ3n) is 4.99. The molecule has 1 fully saturated rings. The van der Waals surface area contributed by atoms with E-state index in [2.05, 4.69) is 39.9 Å². The fraction of sp³-hybridized carbons (Fsp3) is 0.400. The number of amides is 2. The van der Waals surface area contributed by atoms with Crippen molar-refractivity contribution in [3.63, 3.8) is 0 Å². The number of pyridine rings is 1. The lowest BCUT2D eigenvalue weighted by Crippen LogP contribution is -2.42. The minimum atomic E-state index is -0.231. The molecule has 3 N–H and O–H groups in total. The van der Waals surface area contributed by atoms with Crippen molar-refractivity contribution in [1.29, 1.82) is 0 Å². The number of hydrogen-bond acceptors (Lipinski definition) is 2. The molecule has 5 heteroatoms. The number of rotatable bonds is 5. The van der Waals surface area contributed by atoms with E-state index in [0.29, 0.717) is 17.4 Å². The maximum Gasteiger partial charge on any atom is 0.315 e. The number of benzene rings is 1. The Kier molecular flexibility index (Phi) is 4.93. The molecular formula is C20H25N3O2. The third-order valence-corrected chi connectivity index (χ3v) is 4.99. The van der Waals surface area contributed by atoms with Crippen molar-refractivity contribution in [1.82, 2.24) is 15.6 Å². The fourth-order valence-corrected chi connectivity index (χ4v) is 3.49. The lowest BCUT2D eigenvalue weighted by atomic mass is 10.1. The predicted molar refractivity (Wildman–Crippen MR) is 98.7 cm³/mol. The highest BCUT2D eigenvalue weighted by molar-refractivity contribution is 5.74. The van der Waals surface area contributed by atoms with Gasteiger partial charge in [-0.1, -0.05) is 30.3 Å². The van der Waals surface area contributed by atoms with E-state index in [1.165, 1.54) is 5.56 Å². The van der Waals surface area contributed by atoms with Crippen molar-refractivity contribution in [2.45, 2.75) is 45.7 Å². The van der Waals surface area contributed by atoms with Crippen molar-refractivity contribution >= 4 is 6.03 Å². The zero-order valence-corrected chi connectivity index (χ0v) is 14.9. The van der Waals surface area contributed by atoms with Crippen molar-refractivity contribution in [2.24, 2.45) is 5.92 Å². The van der Waals surface area contributed by atoms with Crippen molar-refractivity contribution < 1.29 is 4.79 Å². The first-order valence-corrected chi connectivity index (χ1v) is 8.74. The Bertz CT molecular complexity index is 813. The second-order valence-electron chi connectivity index (χ2n) is 6.98. The van der Waals surface area contributed by atoms with Crippen LogP contribution in [0.1, 0.15) is 41.6 Å². The van der Waals surface area contributed by atoms with Crippen molar-refractivity contribution in [3.05, 3.63) is 69.1 Å². The van der Waals surface area contributed by atoms with E-state index in [9.17, 15) is 9.59 Å². The average molecular weight is 339 g/mol. The van der Waals surface area contributed by atoms with Crippen molar-refractivity contribution in [2.75, 3.05) is 0 Å². The van der Waals surface area contributed by atoms with Crippen LogP contribution in [0.5, 0.6) is 0 Å². The summed E-state index contributed by atoms with van der Waals surface area (Å²) in [4.78, 5) is 26.9. The van der Waals surface area contributed by atoms with Gasteiger partial charge in [0.05, 0.1) is 6.54 Å².